The van der Waals surface area contributed by atoms with Crippen molar-refractivity contribution in [3.05, 3.63) is 57.4 Å². The molecule has 1 unspecified atom stereocenters. The summed E-state index contributed by atoms with van der Waals surface area (Å²) in [6, 6.07) is 10.8. The Morgan fingerprint density at radius 2 is 2.00 bits per heavy atom. The Morgan fingerprint density at radius 3 is 2.63 bits per heavy atom. The van der Waals surface area contributed by atoms with Crippen molar-refractivity contribution >= 4 is 22.6 Å². The summed E-state index contributed by atoms with van der Waals surface area (Å²) in [5.41, 5.74) is 2.44. The van der Waals surface area contributed by atoms with Crippen LogP contribution in [0.15, 0.2) is 42.7 Å². The first-order valence-corrected chi connectivity index (χ1v) is 7.22. The maximum Gasteiger partial charge on any atom is 0.141 e. The molecule has 0 saturated heterocycles. The number of ether oxygens (including phenoxy) is 1. The van der Waals surface area contributed by atoms with Crippen LogP contribution in [-0.4, -0.2) is 19.1 Å². The zero-order valence-electron chi connectivity index (χ0n) is 11.1. The predicted octanol–water partition coefficient (Wildman–Crippen LogP) is 3.20. The number of halogens is 1. The van der Waals surface area contributed by atoms with Crippen LogP contribution in [0.5, 0.6) is 5.75 Å². The molecule has 1 N–H and O–H groups in total. The molecule has 0 aliphatic carbocycles. The fourth-order valence-corrected chi connectivity index (χ4v) is 2.43. The Bertz CT molecular complexity index is 528. The minimum Gasteiger partial charge on any atom is -0.495 e. The van der Waals surface area contributed by atoms with E-state index in [0.717, 1.165) is 17.7 Å². The second kappa shape index (κ2) is 6.86. The molecule has 0 saturated carbocycles. The van der Waals surface area contributed by atoms with Gasteiger partial charge in [-0.15, -0.1) is 0 Å². The van der Waals surface area contributed by atoms with Crippen molar-refractivity contribution in [2.24, 2.45) is 0 Å². The van der Waals surface area contributed by atoms with Gasteiger partial charge in [0.25, 0.3) is 0 Å². The van der Waals surface area contributed by atoms with Crippen molar-refractivity contribution in [1.29, 1.82) is 0 Å². The zero-order valence-corrected chi connectivity index (χ0v) is 13.2. The van der Waals surface area contributed by atoms with Gasteiger partial charge in [0.15, 0.2) is 0 Å². The number of aromatic nitrogens is 1. The molecule has 2 rings (SSSR count). The average Bonchev–Trinajstić information content (AvgIpc) is 2.46. The molecule has 0 aliphatic heterocycles. The molecular formula is C15H17IN2O. The lowest BCUT2D eigenvalue weighted by molar-refractivity contribution is 0.399. The number of hydrogen-bond acceptors (Lipinski definition) is 3. The molecule has 4 heteroatoms. The largest absolute Gasteiger partial charge is 0.495 e. The molecule has 0 bridgehead atoms. The van der Waals surface area contributed by atoms with Crippen LogP contribution in [0.4, 0.5) is 0 Å². The molecule has 0 aliphatic rings. The van der Waals surface area contributed by atoms with Crippen molar-refractivity contribution < 1.29 is 4.74 Å². The molecule has 0 fully saturated rings. The van der Waals surface area contributed by atoms with Crippen molar-refractivity contribution in [1.82, 2.24) is 10.3 Å². The maximum atomic E-state index is 5.38. The first kappa shape index (κ1) is 14.3. The Balaban J connectivity index is 2.22. The monoisotopic (exact) mass is 368 g/mol. The molecular weight excluding hydrogens is 351 g/mol. The summed E-state index contributed by atoms with van der Waals surface area (Å²) in [6.07, 6.45) is 4.48. The number of methoxy groups -OCH3 is 1. The van der Waals surface area contributed by atoms with E-state index in [0.29, 0.717) is 0 Å². The van der Waals surface area contributed by atoms with E-state index < -0.39 is 0 Å². The van der Waals surface area contributed by atoms with Crippen molar-refractivity contribution in [3.8, 4) is 5.75 Å². The number of nitrogens with one attached hydrogen (secondary N) is 1. The van der Waals surface area contributed by atoms with E-state index in [9.17, 15) is 0 Å². The minimum atomic E-state index is 0.220. The van der Waals surface area contributed by atoms with E-state index >= 15 is 0 Å². The van der Waals surface area contributed by atoms with Gasteiger partial charge in [-0.05, 0) is 59.8 Å². The third kappa shape index (κ3) is 3.67. The van der Waals surface area contributed by atoms with Gasteiger partial charge in [0.2, 0.25) is 0 Å². The summed E-state index contributed by atoms with van der Waals surface area (Å²) in [6.45, 7) is 0. The van der Waals surface area contributed by atoms with Crippen molar-refractivity contribution in [3.63, 3.8) is 0 Å². The second-order valence-corrected chi connectivity index (χ2v) is 5.54. The molecule has 0 spiro atoms. The van der Waals surface area contributed by atoms with Crippen LogP contribution < -0.4 is 10.1 Å². The van der Waals surface area contributed by atoms with Gasteiger partial charge in [-0.25, -0.2) is 0 Å². The van der Waals surface area contributed by atoms with Crippen LogP contribution in [0.25, 0.3) is 0 Å². The first-order valence-electron chi connectivity index (χ1n) is 6.14. The molecule has 3 nitrogen and oxygen atoms in total. The average molecular weight is 368 g/mol. The smallest absolute Gasteiger partial charge is 0.141 e. The number of hydrogen-bond donors (Lipinski definition) is 1. The molecule has 0 amide bonds. The van der Waals surface area contributed by atoms with Gasteiger partial charge in [0.05, 0.1) is 13.3 Å². The number of nitrogens with zero attached hydrogens (tertiary/aromatic N) is 1. The third-order valence-electron chi connectivity index (χ3n) is 3.11. The quantitative estimate of drug-likeness (QED) is 0.824. The summed E-state index contributed by atoms with van der Waals surface area (Å²) in [4.78, 5) is 4.10. The van der Waals surface area contributed by atoms with Crippen LogP contribution in [0, 0.1) is 3.57 Å². The predicted molar refractivity (Wildman–Crippen MR) is 85.5 cm³/mol. The molecule has 2 aromatic rings. The molecule has 100 valence electrons. The van der Waals surface area contributed by atoms with Gasteiger partial charge in [-0.1, -0.05) is 12.1 Å². The SMILES string of the molecule is CNC(Cc1ccc(I)cc1)c1ccncc1OC. The molecule has 1 aromatic heterocycles. The number of likely N-dealkylation sites (N-methyl/N-ethyl adjacent to an activating group) is 1. The van der Waals surface area contributed by atoms with Crippen LogP contribution in [-0.2, 0) is 6.42 Å². The number of rotatable bonds is 5. The highest BCUT2D eigenvalue weighted by atomic mass is 127. The Morgan fingerprint density at radius 1 is 1.26 bits per heavy atom. The van der Waals surface area contributed by atoms with E-state index in [1.807, 2.05) is 13.1 Å². The summed E-state index contributed by atoms with van der Waals surface area (Å²) in [7, 11) is 3.65. The zero-order chi connectivity index (χ0) is 13.7. The van der Waals surface area contributed by atoms with Crippen LogP contribution >= 0.6 is 22.6 Å². The summed E-state index contributed by atoms with van der Waals surface area (Å²) < 4.78 is 6.63. The highest BCUT2D eigenvalue weighted by Gasteiger charge is 2.14. The number of pyridine rings is 1. The van der Waals surface area contributed by atoms with Gasteiger partial charge in [0, 0.05) is 21.4 Å². The molecule has 0 radical (unpaired) electrons. The van der Waals surface area contributed by atoms with Crippen LogP contribution in [0.2, 0.25) is 0 Å². The summed E-state index contributed by atoms with van der Waals surface area (Å²) >= 11 is 2.32. The van der Waals surface area contributed by atoms with Crippen molar-refractivity contribution in [2.45, 2.75) is 12.5 Å². The van der Waals surface area contributed by atoms with Gasteiger partial charge in [-0.3, -0.25) is 4.98 Å². The first-order chi connectivity index (χ1) is 9.24. The molecule has 1 atom stereocenters. The molecule has 19 heavy (non-hydrogen) atoms. The highest BCUT2D eigenvalue weighted by molar-refractivity contribution is 14.1. The third-order valence-corrected chi connectivity index (χ3v) is 3.83. The van der Waals surface area contributed by atoms with Gasteiger partial charge in [-0.2, -0.15) is 0 Å². The van der Waals surface area contributed by atoms with Gasteiger partial charge >= 0.3 is 0 Å². The van der Waals surface area contributed by atoms with E-state index in [2.05, 4.69) is 57.2 Å². The Labute approximate surface area is 127 Å². The van der Waals surface area contributed by atoms with E-state index in [1.165, 1.54) is 9.13 Å². The fourth-order valence-electron chi connectivity index (χ4n) is 2.07. The van der Waals surface area contributed by atoms with Gasteiger partial charge < -0.3 is 10.1 Å². The van der Waals surface area contributed by atoms with E-state index in [-0.39, 0.29) is 6.04 Å². The maximum absolute atomic E-state index is 5.38. The standard InChI is InChI=1S/C15H17IN2O/c1-17-14(9-11-3-5-12(16)6-4-11)13-7-8-18-10-15(13)19-2/h3-8,10,14,17H,9H2,1-2H3. The normalized spacial score (nSPS) is 12.2. The lowest BCUT2D eigenvalue weighted by Crippen LogP contribution is -2.19. The molecule has 1 aromatic carbocycles. The van der Waals surface area contributed by atoms with Crippen LogP contribution in [0.1, 0.15) is 17.2 Å². The summed E-state index contributed by atoms with van der Waals surface area (Å²) in [5.74, 6) is 0.826. The minimum absolute atomic E-state index is 0.220. The lowest BCUT2D eigenvalue weighted by atomic mass is 9.99. The Kier molecular flexibility index (Phi) is 5.15. The van der Waals surface area contributed by atoms with Crippen molar-refractivity contribution in [2.75, 3.05) is 14.2 Å². The topological polar surface area (TPSA) is 34.2 Å². The summed E-state index contributed by atoms with van der Waals surface area (Å²) in [5, 5.41) is 3.35. The van der Waals surface area contributed by atoms with E-state index in [4.69, 9.17) is 4.74 Å². The Hall–Kier alpha value is -1.14. The fraction of sp³-hybridized carbons (Fsp3) is 0.267. The van der Waals surface area contributed by atoms with Crippen LogP contribution in [0.3, 0.4) is 0 Å². The van der Waals surface area contributed by atoms with E-state index in [1.54, 1.807) is 19.5 Å². The number of benzene rings is 1. The molecule has 1 heterocycles. The highest BCUT2D eigenvalue weighted by Crippen LogP contribution is 2.26. The lowest BCUT2D eigenvalue weighted by Gasteiger charge is -2.19. The second-order valence-electron chi connectivity index (χ2n) is 4.29. The van der Waals surface area contributed by atoms with Gasteiger partial charge in [0.1, 0.15) is 5.75 Å².